The van der Waals surface area contributed by atoms with Crippen molar-refractivity contribution in [1.82, 2.24) is 20.2 Å². The highest BCUT2D eigenvalue weighted by molar-refractivity contribution is 6.35. The monoisotopic (exact) mass is 367 g/mol. The van der Waals surface area contributed by atoms with E-state index in [9.17, 15) is 4.39 Å². The van der Waals surface area contributed by atoms with E-state index in [0.717, 1.165) is 11.2 Å². The van der Waals surface area contributed by atoms with Gasteiger partial charge in [-0.15, -0.1) is 0 Å². The van der Waals surface area contributed by atoms with Crippen molar-refractivity contribution in [3.8, 4) is 0 Å². The van der Waals surface area contributed by atoms with Crippen LogP contribution in [0.3, 0.4) is 0 Å². The van der Waals surface area contributed by atoms with E-state index in [1.165, 1.54) is 18.5 Å². The van der Waals surface area contributed by atoms with Crippen LogP contribution in [-0.2, 0) is 4.74 Å². The van der Waals surface area contributed by atoms with Crippen LogP contribution in [0.25, 0.3) is 11.0 Å². The van der Waals surface area contributed by atoms with Crippen LogP contribution in [0.1, 0.15) is 11.7 Å². The van der Waals surface area contributed by atoms with Gasteiger partial charge in [0.25, 0.3) is 0 Å². The summed E-state index contributed by atoms with van der Waals surface area (Å²) >= 11 is 12.0. The van der Waals surface area contributed by atoms with Crippen LogP contribution in [0, 0.1) is 5.82 Å². The summed E-state index contributed by atoms with van der Waals surface area (Å²) in [6.45, 7) is 1.61. The van der Waals surface area contributed by atoms with Gasteiger partial charge in [0, 0.05) is 23.7 Å². The first-order chi connectivity index (χ1) is 11.6. The van der Waals surface area contributed by atoms with Crippen molar-refractivity contribution in [2.75, 3.05) is 24.6 Å². The van der Waals surface area contributed by atoms with E-state index in [2.05, 4.69) is 25.1 Å². The molecule has 0 radical (unpaired) electrons. The lowest BCUT2D eigenvalue weighted by molar-refractivity contribution is 0.0395. The van der Waals surface area contributed by atoms with E-state index in [4.69, 9.17) is 27.9 Å². The molecule has 124 valence electrons. The van der Waals surface area contributed by atoms with Gasteiger partial charge in [0.15, 0.2) is 5.65 Å². The number of benzene rings is 1. The Labute approximate surface area is 146 Å². The SMILES string of the molecule is Fc1cc(C2CN(c3ncnc4[nH]ncc34)CCO2)c(Cl)cc1Cl. The fourth-order valence-electron chi connectivity index (χ4n) is 2.82. The molecule has 0 amide bonds. The lowest BCUT2D eigenvalue weighted by Crippen LogP contribution is -2.39. The minimum Gasteiger partial charge on any atom is -0.370 e. The standard InChI is InChI=1S/C15H12Cl2FN5O/c16-10-4-11(17)12(18)3-8(10)13-6-23(1-2-24-13)15-9-5-21-22-14(9)19-7-20-15/h3-5,7,13H,1-2,6H2,(H,19,20,21,22). The van der Waals surface area contributed by atoms with Gasteiger partial charge in [0.05, 0.1) is 23.2 Å². The molecule has 0 bridgehead atoms. The predicted octanol–water partition coefficient (Wildman–Crippen LogP) is 3.38. The third kappa shape index (κ3) is 2.68. The van der Waals surface area contributed by atoms with E-state index in [0.29, 0.717) is 35.9 Å². The second-order valence-electron chi connectivity index (χ2n) is 5.42. The van der Waals surface area contributed by atoms with Crippen molar-refractivity contribution in [1.29, 1.82) is 0 Å². The number of rotatable bonds is 2. The van der Waals surface area contributed by atoms with E-state index in [1.807, 2.05) is 0 Å². The van der Waals surface area contributed by atoms with Gasteiger partial charge in [0.2, 0.25) is 0 Å². The second kappa shape index (κ2) is 6.16. The number of hydrogen-bond donors (Lipinski definition) is 1. The molecule has 24 heavy (non-hydrogen) atoms. The summed E-state index contributed by atoms with van der Waals surface area (Å²) in [7, 11) is 0. The predicted molar refractivity (Wildman–Crippen MR) is 89.0 cm³/mol. The van der Waals surface area contributed by atoms with E-state index < -0.39 is 5.82 Å². The molecule has 1 unspecified atom stereocenters. The minimum absolute atomic E-state index is 0.00711. The molecule has 1 saturated heterocycles. The molecule has 0 spiro atoms. The molecule has 1 fully saturated rings. The summed E-state index contributed by atoms with van der Waals surface area (Å²) in [6.07, 6.45) is 2.79. The molecular weight excluding hydrogens is 356 g/mol. The largest absolute Gasteiger partial charge is 0.370 e. The van der Waals surface area contributed by atoms with Crippen molar-refractivity contribution in [3.63, 3.8) is 0 Å². The molecule has 3 aromatic rings. The highest BCUT2D eigenvalue weighted by Gasteiger charge is 2.27. The third-order valence-electron chi connectivity index (χ3n) is 3.98. The van der Waals surface area contributed by atoms with Crippen molar-refractivity contribution in [3.05, 3.63) is 46.1 Å². The Bertz CT molecular complexity index is 903. The summed E-state index contributed by atoms with van der Waals surface area (Å²) in [5, 5.41) is 8.02. The number of hydrogen-bond acceptors (Lipinski definition) is 5. The molecule has 4 rings (SSSR count). The van der Waals surface area contributed by atoms with Crippen molar-refractivity contribution in [2.24, 2.45) is 0 Å². The summed E-state index contributed by atoms with van der Waals surface area (Å²) < 4.78 is 19.6. The van der Waals surface area contributed by atoms with Crippen LogP contribution >= 0.6 is 23.2 Å². The number of aromatic amines is 1. The van der Waals surface area contributed by atoms with Crippen molar-refractivity contribution >= 4 is 40.1 Å². The lowest BCUT2D eigenvalue weighted by Gasteiger charge is -2.34. The van der Waals surface area contributed by atoms with E-state index >= 15 is 0 Å². The van der Waals surface area contributed by atoms with Crippen molar-refractivity contribution < 1.29 is 9.13 Å². The Morgan fingerprint density at radius 1 is 1.25 bits per heavy atom. The number of ether oxygens (including phenoxy) is 1. The maximum absolute atomic E-state index is 13.8. The zero-order valence-corrected chi connectivity index (χ0v) is 13.9. The highest BCUT2D eigenvalue weighted by Crippen LogP contribution is 2.34. The molecule has 3 heterocycles. The Hall–Kier alpha value is -1.96. The average Bonchev–Trinajstić information content (AvgIpc) is 3.07. The molecular formula is C15H12Cl2FN5O. The molecule has 1 atom stereocenters. The molecule has 1 aliphatic rings. The van der Waals surface area contributed by atoms with Gasteiger partial charge in [-0.3, -0.25) is 5.10 Å². The van der Waals surface area contributed by atoms with E-state index in [1.54, 1.807) is 6.20 Å². The first-order valence-corrected chi connectivity index (χ1v) is 8.04. The average molecular weight is 368 g/mol. The molecule has 9 heteroatoms. The number of fused-ring (bicyclic) bond motifs is 1. The van der Waals surface area contributed by atoms with Crippen LogP contribution < -0.4 is 4.90 Å². The molecule has 0 saturated carbocycles. The summed E-state index contributed by atoms with van der Waals surface area (Å²) in [6, 6.07) is 2.72. The fraction of sp³-hybridized carbons (Fsp3) is 0.267. The zero-order chi connectivity index (χ0) is 16.7. The number of halogens is 3. The zero-order valence-electron chi connectivity index (χ0n) is 12.3. The number of aromatic nitrogens is 4. The summed E-state index contributed by atoms with van der Waals surface area (Å²) in [4.78, 5) is 10.5. The van der Waals surface area contributed by atoms with Gasteiger partial charge in [0.1, 0.15) is 24.1 Å². The van der Waals surface area contributed by atoms with Crippen LogP contribution in [-0.4, -0.2) is 39.9 Å². The van der Waals surface area contributed by atoms with Crippen LogP contribution in [0.5, 0.6) is 0 Å². The minimum atomic E-state index is -0.518. The maximum Gasteiger partial charge on any atom is 0.160 e. The highest BCUT2D eigenvalue weighted by atomic mass is 35.5. The van der Waals surface area contributed by atoms with Crippen LogP contribution in [0.2, 0.25) is 10.0 Å². The normalized spacial score (nSPS) is 18.3. The maximum atomic E-state index is 13.8. The van der Waals surface area contributed by atoms with Crippen molar-refractivity contribution in [2.45, 2.75) is 6.10 Å². The number of nitrogens with one attached hydrogen (secondary N) is 1. The fourth-order valence-corrected chi connectivity index (χ4v) is 3.32. The summed E-state index contributed by atoms with van der Waals surface area (Å²) in [5.74, 6) is 0.239. The third-order valence-corrected chi connectivity index (χ3v) is 4.60. The number of nitrogens with zero attached hydrogens (tertiary/aromatic N) is 4. The molecule has 1 aromatic carbocycles. The van der Waals surface area contributed by atoms with Gasteiger partial charge < -0.3 is 9.64 Å². The lowest BCUT2D eigenvalue weighted by atomic mass is 10.1. The molecule has 0 aliphatic carbocycles. The van der Waals surface area contributed by atoms with Gasteiger partial charge in [-0.25, -0.2) is 14.4 Å². The first kappa shape index (κ1) is 15.6. The van der Waals surface area contributed by atoms with Gasteiger partial charge >= 0.3 is 0 Å². The number of H-pyrrole nitrogens is 1. The molecule has 1 N–H and O–H groups in total. The molecule has 1 aliphatic heterocycles. The molecule has 2 aromatic heterocycles. The number of anilines is 1. The second-order valence-corrected chi connectivity index (χ2v) is 6.24. The Balaban J connectivity index is 1.67. The topological polar surface area (TPSA) is 66.9 Å². The smallest absolute Gasteiger partial charge is 0.160 e. The van der Waals surface area contributed by atoms with Gasteiger partial charge in [-0.05, 0) is 12.1 Å². The van der Waals surface area contributed by atoms with Gasteiger partial charge in [-0.2, -0.15) is 5.10 Å². The Kier molecular flexibility index (Phi) is 3.99. The van der Waals surface area contributed by atoms with Gasteiger partial charge in [-0.1, -0.05) is 23.2 Å². The molecule has 6 nitrogen and oxygen atoms in total. The summed E-state index contributed by atoms with van der Waals surface area (Å²) in [5.41, 5.74) is 1.24. The Morgan fingerprint density at radius 3 is 3.00 bits per heavy atom. The number of morpholine rings is 1. The Morgan fingerprint density at radius 2 is 2.12 bits per heavy atom. The van der Waals surface area contributed by atoms with E-state index in [-0.39, 0.29) is 11.1 Å². The quantitative estimate of drug-likeness (QED) is 0.703. The van der Waals surface area contributed by atoms with Crippen LogP contribution in [0.15, 0.2) is 24.7 Å². The van der Waals surface area contributed by atoms with Crippen LogP contribution in [0.4, 0.5) is 10.2 Å². The first-order valence-electron chi connectivity index (χ1n) is 7.28.